The molecule has 1 saturated heterocycles. The van der Waals surface area contributed by atoms with Gasteiger partial charge in [-0.1, -0.05) is 36.4 Å². The Morgan fingerprint density at radius 2 is 2.00 bits per heavy atom. The highest BCUT2D eigenvalue weighted by atomic mass is 16.5. The first-order chi connectivity index (χ1) is 13.3. The molecular formula is C22H25N3O2. The van der Waals surface area contributed by atoms with E-state index in [4.69, 9.17) is 4.74 Å². The highest BCUT2D eigenvalue weighted by Crippen LogP contribution is 2.17. The number of aromatic nitrogens is 2. The number of benzene rings is 1. The first-order valence-electron chi connectivity index (χ1n) is 9.64. The summed E-state index contributed by atoms with van der Waals surface area (Å²) in [4.78, 5) is 19.2. The van der Waals surface area contributed by atoms with E-state index in [9.17, 15) is 4.79 Å². The summed E-state index contributed by atoms with van der Waals surface area (Å²) in [6.07, 6.45) is 7.29. The van der Waals surface area contributed by atoms with Gasteiger partial charge in [0.25, 0.3) is 0 Å². The fourth-order valence-corrected chi connectivity index (χ4v) is 3.59. The average molecular weight is 363 g/mol. The van der Waals surface area contributed by atoms with Crippen LogP contribution in [0.2, 0.25) is 0 Å². The number of fused-ring (bicyclic) bond motifs is 1. The zero-order chi connectivity index (χ0) is 18.5. The number of aryl methyl sites for hydroxylation is 1. The van der Waals surface area contributed by atoms with Crippen molar-refractivity contribution in [1.29, 1.82) is 0 Å². The molecule has 1 fully saturated rings. The largest absolute Gasteiger partial charge is 0.372 e. The van der Waals surface area contributed by atoms with E-state index in [1.807, 2.05) is 58.1 Å². The highest BCUT2D eigenvalue weighted by molar-refractivity contribution is 5.76. The molecule has 3 heterocycles. The second kappa shape index (κ2) is 8.35. The fourth-order valence-electron chi connectivity index (χ4n) is 3.59. The van der Waals surface area contributed by atoms with Gasteiger partial charge in [0.05, 0.1) is 18.4 Å². The Balaban J connectivity index is 1.27. The molecule has 5 nitrogen and oxygen atoms in total. The van der Waals surface area contributed by atoms with Crippen LogP contribution in [0.4, 0.5) is 0 Å². The Morgan fingerprint density at radius 3 is 2.85 bits per heavy atom. The standard InChI is InChI=1S/C22H25N3O2/c26-22(12-11-19-15-24-13-5-4-10-21(24)23-19)25-14-6-9-20(16-25)27-17-18-7-2-1-3-8-18/h1-5,7-8,10,13,15,20H,6,9,11-12,14,16-17H2/t20-/m1/s1. The number of hydrogen-bond donors (Lipinski definition) is 0. The van der Waals surface area contributed by atoms with Crippen molar-refractivity contribution >= 4 is 11.6 Å². The minimum absolute atomic E-state index is 0.123. The van der Waals surface area contributed by atoms with Crippen molar-refractivity contribution in [1.82, 2.24) is 14.3 Å². The van der Waals surface area contributed by atoms with Crippen LogP contribution >= 0.6 is 0 Å². The average Bonchev–Trinajstić information content (AvgIpc) is 3.14. The Kier molecular flexibility index (Phi) is 5.49. The molecule has 0 bridgehead atoms. The molecule has 3 aromatic rings. The maximum atomic E-state index is 12.6. The van der Waals surface area contributed by atoms with Gasteiger partial charge < -0.3 is 14.0 Å². The number of rotatable bonds is 6. The van der Waals surface area contributed by atoms with Gasteiger partial charge in [-0.2, -0.15) is 0 Å². The molecule has 1 aliphatic rings. The Labute approximate surface area is 159 Å². The van der Waals surface area contributed by atoms with Gasteiger partial charge in [-0.15, -0.1) is 0 Å². The molecule has 0 saturated carbocycles. The SMILES string of the molecule is O=C(CCc1cn2ccccc2n1)N1CCC[C@@H](OCc2ccccc2)C1. The number of amides is 1. The molecule has 0 radical (unpaired) electrons. The van der Waals surface area contributed by atoms with Crippen LogP contribution < -0.4 is 0 Å². The van der Waals surface area contributed by atoms with Crippen molar-refractivity contribution < 1.29 is 9.53 Å². The second-order valence-corrected chi connectivity index (χ2v) is 7.10. The van der Waals surface area contributed by atoms with Crippen LogP contribution in [0.25, 0.3) is 5.65 Å². The number of carbonyl (C=O) groups excluding carboxylic acids is 1. The molecule has 1 aliphatic heterocycles. The van der Waals surface area contributed by atoms with Crippen molar-refractivity contribution in [3.63, 3.8) is 0 Å². The van der Waals surface area contributed by atoms with Crippen molar-refractivity contribution in [2.24, 2.45) is 0 Å². The third kappa shape index (κ3) is 4.55. The minimum atomic E-state index is 0.123. The van der Waals surface area contributed by atoms with E-state index in [1.54, 1.807) is 0 Å². The number of hydrogen-bond acceptors (Lipinski definition) is 3. The van der Waals surface area contributed by atoms with E-state index in [2.05, 4.69) is 17.1 Å². The lowest BCUT2D eigenvalue weighted by Gasteiger charge is -2.32. The maximum Gasteiger partial charge on any atom is 0.223 e. The lowest BCUT2D eigenvalue weighted by atomic mass is 10.1. The smallest absolute Gasteiger partial charge is 0.223 e. The fraction of sp³-hybridized carbons (Fsp3) is 0.364. The molecule has 0 N–H and O–H groups in total. The van der Waals surface area contributed by atoms with E-state index in [-0.39, 0.29) is 12.0 Å². The van der Waals surface area contributed by atoms with E-state index in [1.165, 1.54) is 5.56 Å². The predicted molar refractivity (Wildman–Crippen MR) is 104 cm³/mol. The lowest BCUT2D eigenvalue weighted by molar-refractivity contribution is -0.135. The topological polar surface area (TPSA) is 46.8 Å². The van der Waals surface area contributed by atoms with Crippen LogP contribution in [-0.2, 0) is 22.6 Å². The number of carbonyl (C=O) groups is 1. The summed E-state index contributed by atoms with van der Waals surface area (Å²) in [5, 5.41) is 0. The Hall–Kier alpha value is -2.66. The Bertz CT molecular complexity index is 858. The number of piperidine rings is 1. The van der Waals surface area contributed by atoms with Gasteiger partial charge in [0.15, 0.2) is 0 Å². The molecule has 5 heteroatoms. The van der Waals surface area contributed by atoms with Gasteiger partial charge in [-0.25, -0.2) is 4.98 Å². The summed E-state index contributed by atoms with van der Waals surface area (Å²) in [7, 11) is 0. The molecule has 0 unspecified atom stereocenters. The first kappa shape index (κ1) is 17.7. The number of nitrogens with zero attached hydrogens (tertiary/aromatic N) is 3. The molecule has 1 amide bonds. The van der Waals surface area contributed by atoms with Crippen molar-refractivity contribution in [2.45, 2.75) is 38.4 Å². The molecule has 0 spiro atoms. The van der Waals surface area contributed by atoms with Gasteiger partial charge in [0.1, 0.15) is 5.65 Å². The summed E-state index contributed by atoms with van der Waals surface area (Å²) < 4.78 is 8.04. The minimum Gasteiger partial charge on any atom is -0.372 e. The maximum absolute atomic E-state index is 12.6. The normalized spacial score (nSPS) is 17.3. The van der Waals surface area contributed by atoms with Crippen LogP contribution in [0.1, 0.15) is 30.5 Å². The molecule has 2 aromatic heterocycles. The quantitative estimate of drug-likeness (QED) is 0.674. The summed E-state index contributed by atoms with van der Waals surface area (Å²) >= 11 is 0. The summed E-state index contributed by atoms with van der Waals surface area (Å²) in [5.41, 5.74) is 3.06. The van der Waals surface area contributed by atoms with Gasteiger partial charge in [0, 0.05) is 31.9 Å². The lowest BCUT2D eigenvalue weighted by Crippen LogP contribution is -2.43. The summed E-state index contributed by atoms with van der Waals surface area (Å²) in [6.45, 7) is 2.13. The van der Waals surface area contributed by atoms with Gasteiger partial charge in [-0.3, -0.25) is 4.79 Å². The first-order valence-corrected chi connectivity index (χ1v) is 9.64. The number of ether oxygens (including phenoxy) is 1. The van der Waals surface area contributed by atoms with Crippen LogP contribution in [-0.4, -0.2) is 39.4 Å². The molecular weight excluding hydrogens is 338 g/mol. The molecule has 140 valence electrons. The third-order valence-corrected chi connectivity index (χ3v) is 5.07. The molecule has 4 rings (SSSR count). The Morgan fingerprint density at radius 1 is 1.15 bits per heavy atom. The zero-order valence-electron chi connectivity index (χ0n) is 15.5. The van der Waals surface area contributed by atoms with Gasteiger partial charge in [-0.05, 0) is 37.0 Å². The molecule has 0 aliphatic carbocycles. The van der Waals surface area contributed by atoms with Crippen LogP contribution in [0.5, 0.6) is 0 Å². The van der Waals surface area contributed by atoms with E-state index < -0.39 is 0 Å². The second-order valence-electron chi connectivity index (χ2n) is 7.10. The van der Waals surface area contributed by atoms with E-state index in [0.29, 0.717) is 26.0 Å². The van der Waals surface area contributed by atoms with Crippen molar-refractivity contribution in [3.05, 3.63) is 72.2 Å². The predicted octanol–water partition coefficient (Wildman–Crippen LogP) is 3.47. The molecule has 1 atom stereocenters. The number of pyridine rings is 1. The third-order valence-electron chi connectivity index (χ3n) is 5.07. The molecule has 27 heavy (non-hydrogen) atoms. The molecule has 1 aromatic carbocycles. The van der Waals surface area contributed by atoms with E-state index in [0.717, 1.165) is 30.7 Å². The van der Waals surface area contributed by atoms with Crippen LogP contribution in [0.3, 0.4) is 0 Å². The van der Waals surface area contributed by atoms with Gasteiger partial charge in [0.2, 0.25) is 5.91 Å². The van der Waals surface area contributed by atoms with Crippen molar-refractivity contribution in [3.8, 4) is 0 Å². The zero-order valence-corrected chi connectivity index (χ0v) is 15.5. The van der Waals surface area contributed by atoms with Crippen LogP contribution in [0.15, 0.2) is 60.9 Å². The van der Waals surface area contributed by atoms with Crippen LogP contribution in [0, 0.1) is 0 Å². The summed E-state index contributed by atoms with van der Waals surface area (Å²) in [6, 6.07) is 16.1. The summed E-state index contributed by atoms with van der Waals surface area (Å²) in [5.74, 6) is 0.195. The number of imidazole rings is 1. The number of likely N-dealkylation sites (tertiary alicyclic amines) is 1. The van der Waals surface area contributed by atoms with Crippen molar-refractivity contribution in [2.75, 3.05) is 13.1 Å². The highest BCUT2D eigenvalue weighted by Gasteiger charge is 2.24. The van der Waals surface area contributed by atoms with Gasteiger partial charge >= 0.3 is 0 Å². The monoisotopic (exact) mass is 363 g/mol. The van der Waals surface area contributed by atoms with E-state index >= 15 is 0 Å².